The van der Waals surface area contributed by atoms with Crippen LogP contribution in [0.4, 0.5) is 34.1 Å². The second kappa shape index (κ2) is 11.8. The number of rotatable bonds is 6. The van der Waals surface area contributed by atoms with Crippen LogP contribution < -0.4 is 9.80 Å². The van der Waals surface area contributed by atoms with Gasteiger partial charge in [0.15, 0.2) is 0 Å². The summed E-state index contributed by atoms with van der Waals surface area (Å²) in [6.07, 6.45) is 0. The Kier molecular flexibility index (Phi) is 6.41. The summed E-state index contributed by atoms with van der Waals surface area (Å²) in [5.41, 5.74) is 14.2. The van der Waals surface area contributed by atoms with Gasteiger partial charge in [0.2, 0.25) is 0 Å². The van der Waals surface area contributed by atoms with Crippen LogP contribution in [0.25, 0.3) is 76.2 Å². The SMILES string of the molecule is c1ccc(N(c2ccccc2)c2cc3c4ccccc4n4c5cc6c(cc5c(c2)c34)c2cc(N(c3ccccc3)c3ccccc3)cc3c4ccccc4n6c32)cc1. The molecule has 4 heterocycles. The molecule has 13 aromatic rings. The molecule has 0 fully saturated rings. The van der Waals surface area contributed by atoms with Crippen LogP contribution in [0.1, 0.15) is 0 Å². The molecule has 0 saturated carbocycles. The van der Waals surface area contributed by atoms with Crippen molar-refractivity contribution in [3.05, 3.63) is 206 Å². The Balaban J connectivity index is 1.17. The van der Waals surface area contributed by atoms with Crippen molar-refractivity contribution in [3.8, 4) is 0 Å². The van der Waals surface area contributed by atoms with Crippen LogP contribution >= 0.6 is 0 Å². The van der Waals surface area contributed by atoms with E-state index in [1.807, 2.05) is 0 Å². The Morgan fingerprint density at radius 2 is 0.534 bits per heavy atom. The summed E-state index contributed by atoms with van der Waals surface area (Å²) in [6, 6.07) is 75.3. The molecule has 13 rings (SSSR count). The highest BCUT2D eigenvalue weighted by Crippen LogP contribution is 2.49. The van der Waals surface area contributed by atoms with Gasteiger partial charge in [-0.3, -0.25) is 0 Å². The van der Waals surface area contributed by atoms with Gasteiger partial charge in [-0.2, -0.15) is 0 Å². The Hall–Kier alpha value is -7.82. The number of hydrogen-bond acceptors (Lipinski definition) is 2. The maximum absolute atomic E-state index is 2.51. The zero-order chi connectivity index (χ0) is 37.9. The largest absolute Gasteiger partial charge is 0.310 e. The highest BCUT2D eigenvalue weighted by Gasteiger charge is 2.25. The lowest BCUT2D eigenvalue weighted by Crippen LogP contribution is -2.09. The van der Waals surface area contributed by atoms with Gasteiger partial charge >= 0.3 is 0 Å². The lowest BCUT2D eigenvalue weighted by molar-refractivity contribution is 1.29. The van der Waals surface area contributed by atoms with Crippen molar-refractivity contribution in [2.45, 2.75) is 0 Å². The maximum Gasteiger partial charge on any atom is 0.0622 e. The van der Waals surface area contributed by atoms with E-state index in [0.717, 1.165) is 34.1 Å². The molecule has 0 bridgehead atoms. The van der Waals surface area contributed by atoms with Crippen LogP contribution in [0.5, 0.6) is 0 Å². The first kappa shape index (κ1) is 31.4. The first-order valence-corrected chi connectivity index (χ1v) is 19.9. The molecule has 0 atom stereocenters. The van der Waals surface area contributed by atoms with Crippen LogP contribution in [0.15, 0.2) is 206 Å². The Bertz CT molecular complexity index is 3340. The lowest BCUT2D eigenvalue weighted by atomic mass is 10.0. The second-order valence-corrected chi connectivity index (χ2v) is 15.4. The first-order valence-electron chi connectivity index (χ1n) is 19.9. The number of nitrogens with zero attached hydrogens (tertiary/aromatic N) is 4. The minimum atomic E-state index is 1.13. The normalized spacial score (nSPS) is 12.1. The van der Waals surface area contributed by atoms with Crippen molar-refractivity contribution < 1.29 is 0 Å². The van der Waals surface area contributed by atoms with E-state index < -0.39 is 0 Å². The van der Waals surface area contributed by atoms with E-state index in [1.165, 1.54) is 76.2 Å². The number of aromatic nitrogens is 2. The van der Waals surface area contributed by atoms with E-state index in [-0.39, 0.29) is 0 Å². The van der Waals surface area contributed by atoms with E-state index in [2.05, 4.69) is 225 Å². The third-order valence-electron chi connectivity index (χ3n) is 12.3. The molecule has 4 heteroatoms. The quantitative estimate of drug-likeness (QED) is 0.169. The summed E-state index contributed by atoms with van der Waals surface area (Å²) >= 11 is 0. The monoisotopic (exact) mass is 738 g/mol. The molecule has 0 spiro atoms. The third kappa shape index (κ3) is 4.29. The molecule has 58 heavy (non-hydrogen) atoms. The molecule has 4 nitrogen and oxygen atoms in total. The van der Waals surface area contributed by atoms with Crippen molar-refractivity contribution in [2.75, 3.05) is 9.80 Å². The average molecular weight is 739 g/mol. The summed E-state index contributed by atoms with van der Waals surface area (Å²) in [6.45, 7) is 0. The second-order valence-electron chi connectivity index (χ2n) is 15.4. The zero-order valence-electron chi connectivity index (χ0n) is 31.4. The van der Waals surface area contributed by atoms with E-state index in [4.69, 9.17) is 0 Å². The van der Waals surface area contributed by atoms with E-state index in [0.29, 0.717) is 0 Å². The Morgan fingerprint density at radius 1 is 0.224 bits per heavy atom. The molecule has 0 unspecified atom stereocenters. The average Bonchev–Trinajstić information content (AvgIpc) is 4.00. The first-order chi connectivity index (χ1) is 28.8. The molecule has 0 N–H and O–H groups in total. The van der Waals surface area contributed by atoms with Gasteiger partial charge in [0.1, 0.15) is 0 Å². The van der Waals surface area contributed by atoms with Gasteiger partial charge in [0, 0.05) is 77.2 Å². The van der Waals surface area contributed by atoms with Crippen LogP contribution in [0, 0.1) is 0 Å². The fraction of sp³-hybridized carbons (Fsp3) is 0. The van der Waals surface area contributed by atoms with Gasteiger partial charge in [-0.15, -0.1) is 0 Å². The van der Waals surface area contributed by atoms with Crippen molar-refractivity contribution >= 4 is 110 Å². The number of hydrogen-bond donors (Lipinski definition) is 0. The summed E-state index contributed by atoms with van der Waals surface area (Å²) in [5.74, 6) is 0. The minimum Gasteiger partial charge on any atom is -0.310 e. The van der Waals surface area contributed by atoms with Gasteiger partial charge in [0.25, 0.3) is 0 Å². The van der Waals surface area contributed by atoms with Crippen LogP contribution in [0.2, 0.25) is 0 Å². The highest BCUT2D eigenvalue weighted by molar-refractivity contribution is 6.30. The smallest absolute Gasteiger partial charge is 0.0622 e. The fourth-order valence-electron chi connectivity index (χ4n) is 9.92. The summed E-state index contributed by atoms with van der Waals surface area (Å²) in [4.78, 5) is 4.78. The molecular formula is C54H34N4. The van der Waals surface area contributed by atoms with E-state index in [1.54, 1.807) is 0 Å². The summed E-state index contributed by atoms with van der Waals surface area (Å²) < 4.78 is 5.03. The topological polar surface area (TPSA) is 15.3 Å². The third-order valence-corrected chi connectivity index (χ3v) is 12.3. The number of para-hydroxylation sites is 6. The van der Waals surface area contributed by atoms with Gasteiger partial charge in [-0.1, -0.05) is 109 Å². The van der Waals surface area contributed by atoms with Gasteiger partial charge in [0.05, 0.1) is 33.1 Å². The number of benzene rings is 9. The molecule has 0 aliphatic heterocycles. The fourth-order valence-corrected chi connectivity index (χ4v) is 9.92. The molecule has 0 aliphatic rings. The molecule has 4 aromatic heterocycles. The molecule has 270 valence electrons. The molecule has 0 aliphatic carbocycles. The summed E-state index contributed by atoms with van der Waals surface area (Å²) in [7, 11) is 0. The predicted molar refractivity (Wildman–Crippen MR) is 245 cm³/mol. The zero-order valence-corrected chi connectivity index (χ0v) is 31.4. The molecular weight excluding hydrogens is 705 g/mol. The van der Waals surface area contributed by atoms with Crippen LogP contribution in [-0.4, -0.2) is 8.80 Å². The van der Waals surface area contributed by atoms with Crippen molar-refractivity contribution in [2.24, 2.45) is 0 Å². The van der Waals surface area contributed by atoms with Gasteiger partial charge < -0.3 is 18.6 Å². The molecule has 0 saturated heterocycles. The van der Waals surface area contributed by atoms with Gasteiger partial charge in [-0.25, -0.2) is 0 Å². The van der Waals surface area contributed by atoms with Crippen molar-refractivity contribution in [1.29, 1.82) is 0 Å². The lowest BCUT2D eigenvalue weighted by Gasteiger charge is -2.25. The minimum absolute atomic E-state index is 1.13. The highest BCUT2D eigenvalue weighted by atomic mass is 15.1. The predicted octanol–water partition coefficient (Wildman–Crippen LogP) is 14.9. The van der Waals surface area contributed by atoms with Crippen molar-refractivity contribution in [1.82, 2.24) is 8.80 Å². The number of fused-ring (bicyclic) bond motifs is 12. The maximum atomic E-state index is 2.51. The van der Waals surface area contributed by atoms with Gasteiger partial charge in [-0.05, 0) is 97.1 Å². The van der Waals surface area contributed by atoms with Crippen molar-refractivity contribution in [3.63, 3.8) is 0 Å². The number of anilines is 6. The van der Waals surface area contributed by atoms with E-state index >= 15 is 0 Å². The Labute approximate surface area is 333 Å². The molecule has 0 radical (unpaired) electrons. The van der Waals surface area contributed by atoms with E-state index in [9.17, 15) is 0 Å². The van der Waals surface area contributed by atoms with Crippen LogP contribution in [0.3, 0.4) is 0 Å². The standard InChI is InChI=1S/C54H34N4/c1-5-17-35(18-6-1)55(36-19-7-2-8-20-36)39-29-45-41-25-13-15-27-49(41)57-51-34-52-44(33-43(51)47(31-39)53(45)57)48-32-40(30-46-42-26-14-16-28-50(42)58(52)54(46)48)56(37-21-9-3-10-22-37)38-23-11-4-12-24-38/h1-34H. The molecule has 0 amide bonds. The van der Waals surface area contributed by atoms with Crippen LogP contribution in [-0.2, 0) is 0 Å². The molecule has 9 aromatic carbocycles. The summed E-state index contributed by atoms with van der Waals surface area (Å²) in [5, 5.41) is 10.1. The Morgan fingerprint density at radius 3 is 0.897 bits per heavy atom.